The molecule has 36 heavy (non-hydrogen) atoms. The van der Waals surface area contributed by atoms with Crippen LogP contribution < -0.4 is 4.90 Å². The van der Waals surface area contributed by atoms with Crippen molar-refractivity contribution in [2.45, 2.75) is 13.8 Å². The van der Waals surface area contributed by atoms with Crippen molar-refractivity contribution in [3.63, 3.8) is 0 Å². The van der Waals surface area contributed by atoms with Crippen LogP contribution in [0.1, 0.15) is 11.1 Å². The van der Waals surface area contributed by atoms with E-state index in [4.69, 9.17) is 10.5 Å². The zero-order valence-electron chi connectivity index (χ0n) is 19.5. The minimum absolute atomic E-state index is 0.254. The van der Waals surface area contributed by atoms with Gasteiger partial charge in [-0.3, -0.25) is 4.98 Å². The fourth-order valence-corrected chi connectivity index (χ4v) is 4.41. The summed E-state index contributed by atoms with van der Waals surface area (Å²) in [7, 11) is 0. The standard InChI is InChI=1S/C28H19N7S/c1-18-3-9-22(10-4-18)35(23-11-5-19(2)6-12-23)24-13-7-20(8-14-24)26-28-27(33-36-34-28)25(17-31-26)32-21(15-29)16-30/h3-14,17H,1-2H3. The molecule has 0 aliphatic heterocycles. The highest BCUT2D eigenvalue weighted by Gasteiger charge is 2.16. The van der Waals surface area contributed by atoms with Gasteiger partial charge in [0.25, 0.3) is 0 Å². The van der Waals surface area contributed by atoms with E-state index in [1.54, 1.807) is 12.1 Å². The van der Waals surface area contributed by atoms with Gasteiger partial charge in [-0.25, -0.2) is 4.99 Å². The van der Waals surface area contributed by atoms with Crippen molar-refractivity contribution in [2.24, 2.45) is 4.99 Å². The Morgan fingerprint density at radius 2 is 1.25 bits per heavy atom. The predicted molar refractivity (Wildman–Crippen MR) is 143 cm³/mol. The van der Waals surface area contributed by atoms with Gasteiger partial charge in [0.15, 0.2) is 0 Å². The molecule has 8 heteroatoms. The van der Waals surface area contributed by atoms with E-state index in [1.807, 2.05) is 12.1 Å². The van der Waals surface area contributed by atoms with Crippen LogP contribution in [0.3, 0.4) is 0 Å². The number of rotatable bonds is 5. The van der Waals surface area contributed by atoms with Gasteiger partial charge in [-0.15, -0.1) is 0 Å². The number of fused-ring (bicyclic) bond motifs is 1. The Hall–Kier alpha value is -4.92. The summed E-state index contributed by atoms with van der Waals surface area (Å²) in [5, 5.41) is 18.1. The second kappa shape index (κ2) is 9.75. The number of aliphatic imine (C=N–C) groups is 1. The molecular formula is C28H19N7S. The van der Waals surface area contributed by atoms with Crippen LogP contribution in [0, 0.1) is 36.5 Å². The molecule has 5 rings (SSSR count). The second-order valence-corrected chi connectivity index (χ2v) is 8.72. The van der Waals surface area contributed by atoms with E-state index < -0.39 is 0 Å². The largest absolute Gasteiger partial charge is 0.311 e. The Bertz CT molecular complexity index is 1590. The summed E-state index contributed by atoms with van der Waals surface area (Å²) < 4.78 is 8.73. The van der Waals surface area contributed by atoms with E-state index in [1.165, 1.54) is 17.3 Å². The molecule has 3 aromatic carbocycles. The van der Waals surface area contributed by atoms with Gasteiger partial charge in [0.1, 0.15) is 28.9 Å². The number of benzene rings is 3. The van der Waals surface area contributed by atoms with Gasteiger partial charge in [0.2, 0.25) is 5.71 Å². The van der Waals surface area contributed by atoms with Crippen LogP contribution in [0.5, 0.6) is 0 Å². The average Bonchev–Trinajstić information content (AvgIpc) is 3.41. The molecule has 0 aliphatic carbocycles. The van der Waals surface area contributed by atoms with Gasteiger partial charge in [0, 0.05) is 22.6 Å². The molecule has 0 amide bonds. The minimum atomic E-state index is -0.254. The summed E-state index contributed by atoms with van der Waals surface area (Å²) in [5.74, 6) is 0. The Morgan fingerprint density at radius 1 is 0.750 bits per heavy atom. The van der Waals surface area contributed by atoms with Crippen LogP contribution >= 0.6 is 11.7 Å². The quantitative estimate of drug-likeness (QED) is 0.249. The number of pyridine rings is 1. The number of nitrogens with zero attached hydrogens (tertiary/aromatic N) is 7. The predicted octanol–water partition coefficient (Wildman–Crippen LogP) is 6.96. The lowest BCUT2D eigenvalue weighted by atomic mass is 10.1. The topological polar surface area (TPSA) is 102 Å². The smallest absolute Gasteiger partial charge is 0.218 e. The Kier molecular flexibility index (Phi) is 6.19. The maximum Gasteiger partial charge on any atom is 0.218 e. The summed E-state index contributed by atoms with van der Waals surface area (Å²) in [4.78, 5) is 10.8. The molecule has 2 aromatic heterocycles. The Morgan fingerprint density at radius 3 is 1.78 bits per heavy atom. The molecule has 0 bridgehead atoms. The number of hydrogen-bond donors (Lipinski definition) is 0. The first-order valence-electron chi connectivity index (χ1n) is 11.1. The molecule has 0 radical (unpaired) electrons. The minimum Gasteiger partial charge on any atom is -0.311 e. The number of hydrogen-bond acceptors (Lipinski definition) is 8. The third-order valence-electron chi connectivity index (χ3n) is 5.70. The van der Waals surface area contributed by atoms with Crippen molar-refractivity contribution in [1.29, 1.82) is 10.5 Å². The number of anilines is 3. The number of aryl methyl sites for hydroxylation is 2. The molecule has 0 saturated carbocycles. The van der Waals surface area contributed by atoms with Crippen molar-refractivity contribution in [1.82, 2.24) is 13.7 Å². The zero-order valence-corrected chi connectivity index (χ0v) is 20.4. The van der Waals surface area contributed by atoms with Gasteiger partial charge in [-0.2, -0.15) is 19.3 Å². The summed E-state index contributed by atoms with van der Waals surface area (Å²) in [5.41, 5.74) is 8.27. The molecule has 0 aliphatic rings. The second-order valence-electron chi connectivity index (χ2n) is 8.19. The molecule has 0 unspecified atom stereocenters. The number of aromatic nitrogens is 3. The van der Waals surface area contributed by atoms with E-state index in [0.717, 1.165) is 34.4 Å². The van der Waals surface area contributed by atoms with Crippen molar-refractivity contribution >= 4 is 51.2 Å². The first-order chi connectivity index (χ1) is 17.6. The lowest BCUT2D eigenvalue weighted by Gasteiger charge is -2.26. The van der Waals surface area contributed by atoms with Crippen molar-refractivity contribution < 1.29 is 0 Å². The van der Waals surface area contributed by atoms with Gasteiger partial charge in [0.05, 0.1) is 23.6 Å². The molecule has 0 spiro atoms. The van der Waals surface area contributed by atoms with Crippen molar-refractivity contribution in [3.8, 4) is 23.4 Å². The maximum atomic E-state index is 9.04. The average molecular weight is 486 g/mol. The third-order valence-corrected chi connectivity index (χ3v) is 6.23. The van der Waals surface area contributed by atoms with E-state index in [-0.39, 0.29) is 5.71 Å². The lowest BCUT2D eigenvalue weighted by molar-refractivity contribution is 1.26. The maximum absolute atomic E-state index is 9.04. The summed E-state index contributed by atoms with van der Waals surface area (Å²) in [6.07, 6.45) is 1.52. The van der Waals surface area contributed by atoms with Crippen molar-refractivity contribution in [3.05, 3.63) is 90.1 Å². The van der Waals surface area contributed by atoms with Gasteiger partial charge in [-0.05, 0) is 50.2 Å². The van der Waals surface area contributed by atoms with Gasteiger partial charge >= 0.3 is 0 Å². The van der Waals surface area contributed by atoms with Gasteiger partial charge in [-0.1, -0.05) is 47.5 Å². The first-order valence-corrected chi connectivity index (χ1v) is 11.8. The molecule has 172 valence electrons. The molecule has 7 nitrogen and oxygen atoms in total. The van der Waals surface area contributed by atoms with Crippen LogP contribution in [0.25, 0.3) is 22.3 Å². The van der Waals surface area contributed by atoms with Crippen LogP contribution in [0.2, 0.25) is 0 Å². The van der Waals surface area contributed by atoms with Crippen LogP contribution in [0.4, 0.5) is 22.7 Å². The first kappa shape index (κ1) is 22.9. The lowest BCUT2D eigenvalue weighted by Crippen LogP contribution is -2.09. The molecule has 2 heterocycles. The van der Waals surface area contributed by atoms with Crippen LogP contribution in [-0.2, 0) is 0 Å². The molecule has 0 saturated heterocycles. The third kappa shape index (κ3) is 4.41. The molecular weight excluding hydrogens is 466 g/mol. The van der Waals surface area contributed by atoms with Crippen molar-refractivity contribution in [2.75, 3.05) is 4.90 Å². The molecule has 0 N–H and O–H groups in total. The van der Waals surface area contributed by atoms with E-state index in [0.29, 0.717) is 22.4 Å². The fourth-order valence-electron chi connectivity index (χ4n) is 3.85. The fraction of sp³-hybridized carbons (Fsp3) is 0.0714. The summed E-state index contributed by atoms with van der Waals surface area (Å²) in [6, 6.07) is 28.5. The number of nitriles is 2. The summed E-state index contributed by atoms with van der Waals surface area (Å²) in [6.45, 7) is 4.15. The van der Waals surface area contributed by atoms with E-state index in [2.05, 4.69) is 98.1 Å². The van der Waals surface area contributed by atoms with E-state index in [9.17, 15) is 0 Å². The van der Waals surface area contributed by atoms with Crippen LogP contribution in [0.15, 0.2) is 84.0 Å². The Labute approximate surface area is 212 Å². The van der Waals surface area contributed by atoms with Gasteiger partial charge < -0.3 is 4.90 Å². The monoisotopic (exact) mass is 485 g/mol. The Balaban J connectivity index is 1.56. The SMILES string of the molecule is Cc1ccc(N(c2ccc(C)cc2)c2ccc(-c3ncc(N=C(C#N)C#N)c4nsnc34)cc2)cc1. The summed E-state index contributed by atoms with van der Waals surface area (Å²) >= 11 is 1.04. The normalized spacial score (nSPS) is 10.4. The zero-order chi connectivity index (χ0) is 25.1. The molecule has 5 aromatic rings. The van der Waals surface area contributed by atoms with Crippen LogP contribution in [-0.4, -0.2) is 19.4 Å². The highest BCUT2D eigenvalue weighted by molar-refractivity contribution is 7.00. The highest BCUT2D eigenvalue weighted by Crippen LogP contribution is 2.37. The van der Waals surface area contributed by atoms with E-state index >= 15 is 0 Å². The molecule has 0 atom stereocenters. The molecule has 0 fully saturated rings. The highest BCUT2D eigenvalue weighted by atomic mass is 32.1.